The smallest absolute Gasteiger partial charge is 0.159 e. The summed E-state index contributed by atoms with van der Waals surface area (Å²) in [6, 6.07) is 16.2. The Balaban J connectivity index is 1.55. The van der Waals surface area contributed by atoms with Gasteiger partial charge in [-0.15, -0.1) is 0 Å². The standard InChI is InChI=1S/C28H35FN2O/c1-4-5-6-7-8-9-22-10-12-24(13-11-22)28-30-18-25(19-31-28)23-14-16-26(17-15-23)32-20-27(29)21(2)3/h10-19,21,27H,4-9,20H2,1-3H3. The third-order valence-electron chi connectivity index (χ3n) is 5.75. The molecule has 3 aromatic rings. The van der Waals surface area contributed by atoms with E-state index < -0.39 is 6.17 Å². The predicted octanol–water partition coefficient (Wildman–Crippen LogP) is 7.70. The molecule has 0 fully saturated rings. The maximum atomic E-state index is 13.7. The molecule has 0 aliphatic carbocycles. The summed E-state index contributed by atoms with van der Waals surface area (Å²) in [7, 11) is 0. The van der Waals surface area contributed by atoms with Crippen LogP contribution in [0.4, 0.5) is 4.39 Å². The zero-order valence-corrected chi connectivity index (χ0v) is 19.6. The Kier molecular flexibility index (Phi) is 9.21. The molecule has 0 N–H and O–H groups in total. The highest BCUT2D eigenvalue weighted by Gasteiger charge is 2.12. The number of rotatable bonds is 12. The molecule has 0 radical (unpaired) electrons. The molecule has 2 aromatic carbocycles. The van der Waals surface area contributed by atoms with E-state index in [4.69, 9.17) is 4.74 Å². The molecule has 1 heterocycles. The topological polar surface area (TPSA) is 35.0 Å². The zero-order chi connectivity index (χ0) is 22.8. The van der Waals surface area contributed by atoms with E-state index in [-0.39, 0.29) is 12.5 Å². The molecule has 1 atom stereocenters. The van der Waals surface area contributed by atoms with Gasteiger partial charge in [-0.2, -0.15) is 0 Å². The van der Waals surface area contributed by atoms with E-state index in [0.717, 1.165) is 28.9 Å². The number of aryl methyl sites for hydroxylation is 1. The lowest BCUT2D eigenvalue weighted by molar-refractivity contribution is 0.155. The molecule has 170 valence electrons. The molecular formula is C28H35FN2O. The van der Waals surface area contributed by atoms with Gasteiger partial charge < -0.3 is 4.74 Å². The molecule has 0 aliphatic heterocycles. The molecule has 1 unspecified atom stereocenters. The van der Waals surface area contributed by atoms with Crippen LogP contribution in [0.5, 0.6) is 5.75 Å². The summed E-state index contributed by atoms with van der Waals surface area (Å²) in [5, 5.41) is 0. The van der Waals surface area contributed by atoms with Gasteiger partial charge in [-0.3, -0.25) is 0 Å². The summed E-state index contributed by atoms with van der Waals surface area (Å²) in [4.78, 5) is 9.12. The number of halogens is 1. The van der Waals surface area contributed by atoms with E-state index in [1.165, 1.54) is 37.7 Å². The van der Waals surface area contributed by atoms with Gasteiger partial charge >= 0.3 is 0 Å². The van der Waals surface area contributed by atoms with Crippen LogP contribution < -0.4 is 4.74 Å². The minimum atomic E-state index is -0.963. The average molecular weight is 435 g/mol. The van der Waals surface area contributed by atoms with E-state index in [9.17, 15) is 4.39 Å². The highest BCUT2D eigenvalue weighted by molar-refractivity contribution is 5.64. The third-order valence-corrected chi connectivity index (χ3v) is 5.75. The molecule has 4 heteroatoms. The Hall–Kier alpha value is -2.75. The van der Waals surface area contributed by atoms with Crippen LogP contribution in [0.3, 0.4) is 0 Å². The second kappa shape index (κ2) is 12.3. The van der Waals surface area contributed by atoms with Crippen molar-refractivity contribution in [3.8, 4) is 28.3 Å². The van der Waals surface area contributed by atoms with Crippen LogP contribution in [-0.4, -0.2) is 22.7 Å². The number of ether oxygens (including phenoxy) is 1. The normalized spacial score (nSPS) is 12.2. The maximum Gasteiger partial charge on any atom is 0.159 e. The van der Waals surface area contributed by atoms with Gasteiger partial charge in [-0.05, 0) is 42.0 Å². The molecule has 0 spiro atoms. The fraction of sp³-hybridized carbons (Fsp3) is 0.429. The number of benzene rings is 2. The van der Waals surface area contributed by atoms with Crippen molar-refractivity contribution in [3.05, 3.63) is 66.5 Å². The number of unbranched alkanes of at least 4 members (excludes halogenated alkanes) is 4. The number of nitrogens with zero attached hydrogens (tertiary/aromatic N) is 2. The van der Waals surface area contributed by atoms with Crippen molar-refractivity contribution in [3.63, 3.8) is 0 Å². The second-order valence-electron chi connectivity index (χ2n) is 8.75. The van der Waals surface area contributed by atoms with Crippen LogP contribution in [0.2, 0.25) is 0 Å². The third kappa shape index (κ3) is 7.15. The first-order valence-electron chi connectivity index (χ1n) is 11.9. The summed E-state index contributed by atoms with van der Waals surface area (Å²) in [6.45, 7) is 6.03. The van der Waals surface area contributed by atoms with Crippen molar-refractivity contribution in [2.24, 2.45) is 5.92 Å². The average Bonchev–Trinajstić information content (AvgIpc) is 2.83. The molecule has 3 rings (SSSR count). The largest absolute Gasteiger partial charge is 0.491 e. The first-order valence-corrected chi connectivity index (χ1v) is 11.9. The lowest BCUT2D eigenvalue weighted by Gasteiger charge is -2.13. The van der Waals surface area contributed by atoms with Crippen LogP contribution in [0.25, 0.3) is 22.5 Å². The highest BCUT2D eigenvalue weighted by atomic mass is 19.1. The van der Waals surface area contributed by atoms with Crippen molar-refractivity contribution in [1.82, 2.24) is 9.97 Å². The zero-order valence-electron chi connectivity index (χ0n) is 19.6. The molecule has 32 heavy (non-hydrogen) atoms. The Labute approximate surface area is 192 Å². The Morgan fingerprint density at radius 1 is 0.781 bits per heavy atom. The monoisotopic (exact) mass is 434 g/mol. The quantitative estimate of drug-likeness (QED) is 0.274. The number of hydrogen-bond acceptors (Lipinski definition) is 3. The fourth-order valence-corrected chi connectivity index (χ4v) is 3.49. The van der Waals surface area contributed by atoms with E-state index in [1.54, 1.807) is 0 Å². The first-order chi connectivity index (χ1) is 15.6. The minimum absolute atomic E-state index is 0.0447. The molecule has 0 saturated carbocycles. The van der Waals surface area contributed by atoms with Gasteiger partial charge in [0.05, 0.1) is 0 Å². The van der Waals surface area contributed by atoms with Gasteiger partial charge in [0, 0.05) is 23.5 Å². The molecule has 0 bridgehead atoms. The van der Waals surface area contributed by atoms with Crippen LogP contribution in [0.15, 0.2) is 60.9 Å². The van der Waals surface area contributed by atoms with Gasteiger partial charge in [-0.25, -0.2) is 14.4 Å². The van der Waals surface area contributed by atoms with Crippen molar-refractivity contribution in [1.29, 1.82) is 0 Å². The van der Waals surface area contributed by atoms with Crippen LogP contribution in [-0.2, 0) is 6.42 Å². The Morgan fingerprint density at radius 3 is 2.03 bits per heavy atom. The highest BCUT2D eigenvalue weighted by Crippen LogP contribution is 2.24. The summed E-state index contributed by atoms with van der Waals surface area (Å²) in [5.41, 5.74) is 4.34. The molecular weight excluding hydrogens is 399 g/mol. The molecule has 0 amide bonds. The number of hydrogen-bond donors (Lipinski definition) is 0. The van der Waals surface area contributed by atoms with E-state index in [2.05, 4.69) is 41.2 Å². The first kappa shape index (κ1) is 23.9. The lowest BCUT2D eigenvalue weighted by atomic mass is 10.0. The van der Waals surface area contributed by atoms with Crippen molar-refractivity contribution < 1.29 is 9.13 Å². The SMILES string of the molecule is CCCCCCCc1ccc(-c2ncc(-c3ccc(OCC(F)C(C)C)cc3)cn2)cc1. The summed E-state index contributed by atoms with van der Waals surface area (Å²) in [5.74, 6) is 1.35. The van der Waals surface area contributed by atoms with Crippen molar-refractivity contribution >= 4 is 0 Å². The summed E-state index contributed by atoms with van der Waals surface area (Å²) >= 11 is 0. The fourth-order valence-electron chi connectivity index (χ4n) is 3.49. The summed E-state index contributed by atoms with van der Waals surface area (Å²) in [6.07, 6.45) is 10.4. The van der Waals surface area contributed by atoms with Gasteiger partial charge in [-0.1, -0.05) is 82.9 Å². The summed E-state index contributed by atoms with van der Waals surface area (Å²) < 4.78 is 19.3. The van der Waals surface area contributed by atoms with Gasteiger partial charge in [0.1, 0.15) is 18.5 Å². The predicted molar refractivity (Wildman–Crippen MR) is 131 cm³/mol. The minimum Gasteiger partial charge on any atom is -0.491 e. The van der Waals surface area contributed by atoms with Crippen molar-refractivity contribution in [2.45, 2.75) is 65.5 Å². The van der Waals surface area contributed by atoms with Gasteiger partial charge in [0.15, 0.2) is 5.82 Å². The van der Waals surface area contributed by atoms with E-state index >= 15 is 0 Å². The van der Waals surface area contributed by atoms with Gasteiger partial charge in [0.25, 0.3) is 0 Å². The Morgan fingerprint density at radius 2 is 1.41 bits per heavy atom. The van der Waals surface area contributed by atoms with Crippen LogP contribution >= 0.6 is 0 Å². The van der Waals surface area contributed by atoms with Gasteiger partial charge in [0.2, 0.25) is 0 Å². The number of alkyl halides is 1. The van der Waals surface area contributed by atoms with E-state index in [0.29, 0.717) is 5.75 Å². The second-order valence-corrected chi connectivity index (χ2v) is 8.75. The van der Waals surface area contributed by atoms with Crippen LogP contribution in [0.1, 0.15) is 58.4 Å². The molecule has 3 nitrogen and oxygen atoms in total. The van der Waals surface area contributed by atoms with Crippen LogP contribution in [0, 0.1) is 5.92 Å². The Bertz CT molecular complexity index is 921. The molecule has 0 saturated heterocycles. The molecule has 0 aliphatic rings. The van der Waals surface area contributed by atoms with E-state index in [1.807, 2.05) is 50.5 Å². The number of aromatic nitrogens is 2. The van der Waals surface area contributed by atoms with Crippen molar-refractivity contribution in [2.75, 3.05) is 6.61 Å². The lowest BCUT2D eigenvalue weighted by Crippen LogP contribution is -2.18. The molecule has 1 aromatic heterocycles. The maximum absolute atomic E-state index is 13.7.